The van der Waals surface area contributed by atoms with Crippen molar-refractivity contribution in [2.75, 3.05) is 13.2 Å². The van der Waals surface area contributed by atoms with Gasteiger partial charge in [-0.15, -0.1) is 0 Å². The molecule has 1 heterocycles. The van der Waals surface area contributed by atoms with Crippen molar-refractivity contribution < 1.29 is 14.6 Å². The lowest BCUT2D eigenvalue weighted by molar-refractivity contribution is -0.143. The van der Waals surface area contributed by atoms with E-state index in [9.17, 15) is 0 Å². The molecular weight excluding hydrogens is 184 g/mol. The maximum atomic E-state index is 9.01. The van der Waals surface area contributed by atoms with E-state index in [2.05, 4.69) is 9.97 Å². The van der Waals surface area contributed by atoms with Gasteiger partial charge in [-0.3, -0.25) is 0 Å². The maximum Gasteiger partial charge on any atom is 0.202 e. The monoisotopic (exact) mass is 200 g/mol. The van der Waals surface area contributed by atoms with Crippen LogP contribution in [0.4, 0.5) is 0 Å². The summed E-state index contributed by atoms with van der Waals surface area (Å²) in [6.07, 6.45) is 1.03. The molecule has 0 spiro atoms. The van der Waals surface area contributed by atoms with E-state index in [0.29, 0.717) is 24.6 Å². The van der Waals surface area contributed by atoms with Gasteiger partial charge in [-0.1, -0.05) is 0 Å². The van der Waals surface area contributed by atoms with Crippen molar-refractivity contribution in [3.8, 4) is 0 Å². The van der Waals surface area contributed by atoms with E-state index in [0.717, 1.165) is 0 Å². The Hall–Kier alpha value is -0.910. The zero-order valence-corrected chi connectivity index (χ0v) is 8.49. The van der Waals surface area contributed by atoms with Crippen molar-refractivity contribution in [1.29, 1.82) is 0 Å². The van der Waals surface area contributed by atoms with Crippen LogP contribution in [0.1, 0.15) is 31.5 Å². The third-order valence-electron chi connectivity index (χ3n) is 1.77. The van der Waals surface area contributed by atoms with Crippen LogP contribution in [-0.2, 0) is 16.1 Å². The molecule has 0 radical (unpaired) electrons. The molecule has 0 amide bonds. The molecule has 0 aliphatic rings. The number of rotatable bonds is 6. The van der Waals surface area contributed by atoms with E-state index in [4.69, 9.17) is 14.6 Å². The first-order valence-electron chi connectivity index (χ1n) is 4.69. The standard InChI is InChI=1S/C9H16N2O3/c1-3-13-9(14-4-2)8-7(5-12)10-6-11-8/h6,9,12H,3-5H2,1-2H3,(H,10,11). The highest BCUT2D eigenvalue weighted by Gasteiger charge is 2.17. The summed E-state index contributed by atoms with van der Waals surface area (Å²) < 4.78 is 10.7. The highest BCUT2D eigenvalue weighted by atomic mass is 16.7. The number of hydrogen-bond acceptors (Lipinski definition) is 4. The van der Waals surface area contributed by atoms with E-state index in [1.54, 1.807) is 0 Å². The Morgan fingerprint density at radius 1 is 1.43 bits per heavy atom. The summed E-state index contributed by atoms with van der Waals surface area (Å²) in [4.78, 5) is 6.89. The molecule has 0 aliphatic carbocycles. The molecule has 1 aromatic heterocycles. The van der Waals surface area contributed by atoms with Crippen molar-refractivity contribution in [2.45, 2.75) is 26.7 Å². The van der Waals surface area contributed by atoms with Gasteiger partial charge >= 0.3 is 0 Å². The van der Waals surface area contributed by atoms with Gasteiger partial charge in [0, 0.05) is 13.2 Å². The van der Waals surface area contributed by atoms with Gasteiger partial charge in [-0.2, -0.15) is 0 Å². The Morgan fingerprint density at radius 2 is 2.07 bits per heavy atom. The van der Waals surface area contributed by atoms with Crippen molar-refractivity contribution >= 4 is 0 Å². The zero-order valence-electron chi connectivity index (χ0n) is 8.49. The Balaban J connectivity index is 2.75. The van der Waals surface area contributed by atoms with Crippen molar-refractivity contribution in [2.24, 2.45) is 0 Å². The minimum atomic E-state index is -0.488. The molecule has 1 rings (SSSR count). The SMILES string of the molecule is CCOC(OCC)c1nc[nH]c1CO. The topological polar surface area (TPSA) is 67.4 Å². The number of imidazole rings is 1. The van der Waals surface area contributed by atoms with E-state index in [1.807, 2.05) is 13.8 Å². The van der Waals surface area contributed by atoms with Gasteiger partial charge < -0.3 is 19.6 Å². The second-order valence-electron chi connectivity index (χ2n) is 2.67. The van der Waals surface area contributed by atoms with Crippen LogP contribution in [0.3, 0.4) is 0 Å². The average Bonchev–Trinajstić information content (AvgIpc) is 2.65. The second-order valence-corrected chi connectivity index (χ2v) is 2.67. The first-order valence-corrected chi connectivity index (χ1v) is 4.69. The summed E-state index contributed by atoms with van der Waals surface area (Å²) in [7, 11) is 0. The van der Waals surface area contributed by atoms with Crippen molar-refractivity contribution in [1.82, 2.24) is 9.97 Å². The summed E-state index contributed by atoms with van der Waals surface area (Å²) in [5.41, 5.74) is 1.26. The van der Waals surface area contributed by atoms with E-state index < -0.39 is 6.29 Å². The first-order chi connectivity index (χ1) is 6.83. The second kappa shape index (κ2) is 5.74. The predicted molar refractivity (Wildman–Crippen MR) is 50.5 cm³/mol. The lowest BCUT2D eigenvalue weighted by Crippen LogP contribution is -2.11. The van der Waals surface area contributed by atoms with Gasteiger partial charge in [0.15, 0.2) is 0 Å². The van der Waals surface area contributed by atoms with Gasteiger partial charge in [-0.25, -0.2) is 4.98 Å². The molecule has 0 bridgehead atoms. The number of aliphatic hydroxyl groups excluding tert-OH is 1. The van der Waals surface area contributed by atoms with Crippen LogP contribution < -0.4 is 0 Å². The van der Waals surface area contributed by atoms with Gasteiger partial charge in [0.2, 0.25) is 6.29 Å². The van der Waals surface area contributed by atoms with Crippen molar-refractivity contribution in [3.63, 3.8) is 0 Å². The Morgan fingerprint density at radius 3 is 2.57 bits per heavy atom. The molecule has 2 N–H and O–H groups in total. The summed E-state index contributed by atoms with van der Waals surface area (Å²) >= 11 is 0. The predicted octanol–water partition coefficient (Wildman–Crippen LogP) is 0.974. The smallest absolute Gasteiger partial charge is 0.202 e. The Labute approximate surface area is 83.1 Å². The Bertz CT molecular complexity index is 256. The van der Waals surface area contributed by atoms with Gasteiger partial charge in [0.1, 0.15) is 5.69 Å². The van der Waals surface area contributed by atoms with Gasteiger partial charge in [-0.05, 0) is 13.8 Å². The molecule has 0 unspecified atom stereocenters. The number of hydrogen-bond donors (Lipinski definition) is 2. The lowest BCUT2D eigenvalue weighted by Gasteiger charge is -2.15. The average molecular weight is 200 g/mol. The van der Waals surface area contributed by atoms with Gasteiger partial charge in [0.25, 0.3) is 0 Å². The molecule has 1 aromatic rings. The molecule has 5 nitrogen and oxygen atoms in total. The fraction of sp³-hybridized carbons (Fsp3) is 0.667. The molecule has 0 atom stereocenters. The quantitative estimate of drug-likeness (QED) is 0.671. The van der Waals surface area contributed by atoms with Crippen LogP contribution in [0.2, 0.25) is 0 Å². The van der Waals surface area contributed by atoms with Crippen LogP contribution in [0, 0.1) is 0 Å². The number of aromatic amines is 1. The highest BCUT2D eigenvalue weighted by Crippen LogP contribution is 2.19. The first kappa shape index (κ1) is 11.2. The minimum Gasteiger partial charge on any atom is -0.390 e. The number of ether oxygens (including phenoxy) is 2. The Kier molecular flexibility index (Phi) is 4.58. The van der Waals surface area contributed by atoms with Crippen LogP contribution in [-0.4, -0.2) is 28.3 Å². The minimum absolute atomic E-state index is 0.0913. The fourth-order valence-corrected chi connectivity index (χ4v) is 1.17. The van der Waals surface area contributed by atoms with Crippen LogP contribution in [0.5, 0.6) is 0 Å². The van der Waals surface area contributed by atoms with Crippen LogP contribution in [0.25, 0.3) is 0 Å². The van der Waals surface area contributed by atoms with Crippen LogP contribution >= 0.6 is 0 Å². The molecule has 0 aromatic carbocycles. The van der Waals surface area contributed by atoms with E-state index in [-0.39, 0.29) is 6.61 Å². The largest absolute Gasteiger partial charge is 0.390 e. The fourth-order valence-electron chi connectivity index (χ4n) is 1.17. The molecule has 0 saturated heterocycles. The molecule has 0 saturated carbocycles. The van der Waals surface area contributed by atoms with E-state index >= 15 is 0 Å². The molecule has 0 fully saturated rings. The number of nitrogens with zero attached hydrogens (tertiary/aromatic N) is 1. The molecule has 80 valence electrons. The maximum absolute atomic E-state index is 9.01. The lowest BCUT2D eigenvalue weighted by atomic mass is 10.3. The van der Waals surface area contributed by atoms with E-state index in [1.165, 1.54) is 6.33 Å². The summed E-state index contributed by atoms with van der Waals surface area (Å²) in [6.45, 7) is 4.77. The zero-order chi connectivity index (χ0) is 10.4. The third kappa shape index (κ3) is 2.54. The molecule has 14 heavy (non-hydrogen) atoms. The van der Waals surface area contributed by atoms with Crippen LogP contribution in [0.15, 0.2) is 6.33 Å². The number of aromatic nitrogens is 2. The number of nitrogens with one attached hydrogen (secondary N) is 1. The summed E-state index contributed by atoms with van der Waals surface area (Å²) in [6, 6.07) is 0. The summed E-state index contributed by atoms with van der Waals surface area (Å²) in [5, 5.41) is 9.01. The normalized spacial score (nSPS) is 11.1. The molecule has 0 aliphatic heterocycles. The van der Waals surface area contributed by atoms with Gasteiger partial charge in [0.05, 0.1) is 18.6 Å². The highest BCUT2D eigenvalue weighted by molar-refractivity contribution is 5.11. The molecule has 5 heteroatoms. The number of H-pyrrole nitrogens is 1. The third-order valence-corrected chi connectivity index (χ3v) is 1.77. The van der Waals surface area contributed by atoms with Crippen molar-refractivity contribution in [3.05, 3.63) is 17.7 Å². The summed E-state index contributed by atoms with van der Waals surface area (Å²) in [5.74, 6) is 0. The number of aliphatic hydroxyl groups is 1. The molecular formula is C9H16N2O3.